The highest BCUT2D eigenvalue weighted by Gasteiger charge is 2.36. The molecule has 0 N–H and O–H groups in total. The van der Waals surface area contributed by atoms with Crippen molar-refractivity contribution in [3.63, 3.8) is 0 Å². The number of allylic oxidation sites excluding steroid dienone is 2. The lowest BCUT2D eigenvalue weighted by Crippen LogP contribution is -2.31. The van der Waals surface area contributed by atoms with E-state index in [4.69, 9.17) is 5.26 Å². The molecule has 0 fully saturated rings. The molecule has 1 aromatic heterocycles. The largest absolute Gasteiger partial charge is 0.416 e. The number of fused-ring (bicyclic) bond motifs is 1. The fourth-order valence-corrected chi connectivity index (χ4v) is 3.50. The molecule has 4 rings (SSSR count). The second kappa shape index (κ2) is 7.05. The van der Waals surface area contributed by atoms with E-state index in [0.29, 0.717) is 28.3 Å². The van der Waals surface area contributed by atoms with Gasteiger partial charge in [-0.3, -0.25) is 4.90 Å². The molecule has 30 heavy (non-hydrogen) atoms. The lowest BCUT2D eigenvalue weighted by atomic mass is 9.95. The molecule has 2 aromatic carbocycles. The lowest BCUT2D eigenvalue weighted by Gasteiger charge is -2.34. The number of aromatic nitrogens is 3. The maximum absolute atomic E-state index is 13.2. The number of nitrogens with zero attached hydrogens (tertiary/aromatic N) is 6. The van der Waals surface area contributed by atoms with Gasteiger partial charge >= 0.3 is 6.18 Å². The van der Waals surface area contributed by atoms with Crippen molar-refractivity contribution in [2.45, 2.75) is 19.1 Å². The van der Waals surface area contributed by atoms with Crippen LogP contribution >= 0.6 is 0 Å². The van der Waals surface area contributed by atoms with Gasteiger partial charge in [0.05, 0.1) is 28.8 Å². The minimum atomic E-state index is -4.50. The third-order valence-electron chi connectivity index (χ3n) is 4.91. The van der Waals surface area contributed by atoms with Crippen LogP contribution in [0.25, 0.3) is 0 Å². The first-order valence-corrected chi connectivity index (χ1v) is 8.83. The van der Waals surface area contributed by atoms with Crippen LogP contribution in [0.4, 0.5) is 24.8 Å². The van der Waals surface area contributed by atoms with E-state index in [-0.39, 0.29) is 5.69 Å². The summed E-state index contributed by atoms with van der Waals surface area (Å²) in [6.45, 7) is 1.66. The summed E-state index contributed by atoms with van der Waals surface area (Å²) in [4.78, 5) is 5.72. The first kappa shape index (κ1) is 19.2. The van der Waals surface area contributed by atoms with Crippen LogP contribution in [0, 0.1) is 22.7 Å². The van der Waals surface area contributed by atoms with Crippen molar-refractivity contribution in [1.82, 2.24) is 14.8 Å². The summed E-state index contributed by atoms with van der Waals surface area (Å²) in [6, 6.07) is 15.1. The Morgan fingerprint density at radius 1 is 1.03 bits per heavy atom. The van der Waals surface area contributed by atoms with Crippen LogP contribution in [0.2, 0.25) is 0 Å². The average Bonchev–Trinajstić information content (AvgIpc) is 3.21. The van der Waals surface area contributed by atoms with Crippen molar-refractivity contribution in [3.8, 4) is 12.1 Å². The predicted molar refractivity (Wildman–Crippen MR) is 101 cm³/mol. The molecule has 1 aliphatic heterocycles. The maximum atomic E-state index is 13.2. The number of rotatable bonds is 2. The maximum Gasteiger partial charge on any atom is 0.416 e. The lowest BCUT2D eigenvalue weighted by molar-refractivity contribution is -0.137. The molecule has 148 valence electrons. The standard InChI is InChI=1S/C21H13F3N6/c1-13-18(11-26)19(15-7-5-14(10-25)6-8-15)30-20(27-12-28-30)29(13)17-4-2-3-16(9-17)21(22,23)24/h2-9,12,19H,1H3. The number of alkyl halides is 3. The Hall–Kier alpha value is -4.11. The fourth-order valence-electron chi connectivity index (χ4n) is 3.50. The van der Waals surface area contributed by atoms with Crippen molar-refractivity contribution in [1.29, 1.82) is 10.5 Å². The molecule has 0 amide bonds. The molecule has 1 unspecified atom stereocenters. The molecule has 3 aromatic rings. The van der Waals surface area contributed by atoms with E-state index < -0.39 is 17.8 Å². The van der Waals surface area contributed by atoms with Crippen molar-refractivity contribution in [3.05, 3.63) is 82.8 Å². The van der Waals surface area contributed by atoms with Gasteiger partial charge in [0.25, 0.3) is 0 Å². The topological polar surface area (TPSA) is 81.5 Å². The Morgan fingerprint density at radius 2 is 1.77 bits per heavy atom. The molecule has 0 aliphatic carbocycles. The van der Waals surface area contributed by atoms with E-state index in [0.717, 1.165) is 12.1 Å². The van der Waals surface area contributed by atoms with Crippen molar-refractivity contribution >= 4 is 11.6 Å². The van der Waals surface area contributed by atoms with Crippen molar-refractivity contribution in [2.75, 3.05) is 4.90 Å². The van der Waals surface area contributed by atoms with Crippen LogP contribution < -0.4 is 4.90 Å². The molecule has 2 heterocycles. The summed E-state index contributed by atoms with van der Waals surface area (Å²) in [5, 5.41) is 23.1. The molecular formula is C21H13F3N6. The summed E-state index contributed by atoms with van der Waals surface area (Å²) in [5.74, 6) is 0.292. The number of benzene rings is 2. The number of halogens is 3. The van der Waals surface area contributed by atoms with Crippen LogP contribution in [-0.4, -0.2) is 14.8 Å². The van der Waals surface area contributed by atoms with Gasteiger partial charge in [-0.05, 0) is 42.8 Å². The van der Waals surface area contributed by atoms with E-state index in [1.165, 1.54) is 28.0 Å². The Kier molecular flexibility index (Phi) is 4.52. The predicted octanol–water partition coefficient (Wildman–Crippen LogP) is 4.71. The van der Waals surface area contributed by atoms with Gasteiger partial charge in [0.15, 0.2) is 0 Å². The highest BCUT2D eigenvalue weighted by molar-refractivity contribution is 5.68. The number of hydrogen-bond acceptors (Lipinski definition) is 5. The van der Waals surface area contributed by atoms with Gasteiger partial charge in [0.1, 0.15) is 12.4 Å². The summed E-state index contributed by atoms with van der Waals surface area (Å²) < 4.78 is 41.1. The first-order chi connectivity index (χ1) is 14.3. The molecule has 0 saturated carbocycles. The molecule has 1 aliphatic rings. The minimum Gasteiger partial charge on any atom is -0.282 e. The minimum absolute atomic E-state index is 0.225. The zero-order chi connectivity index (χ0) is 21.5. The summed E-state index contributed by atoms with van der Waals surface area (Å²) in [6.07, 6.45) is -3.21. The molecule has 0 radical (unpaired) electrons. The van der Waals surface area contributed by atoms with Gasteiger partial charge in [-0.25, -0.2) is 4.68 Å². The molecule has 9 heteroatoms. The Morgan fingerprint density at radius 3 is 2.40 bits per heavy atom. The second-order valence-electron chi connectivity index (χ2n) is 6.64. The highest BCUT2D eigenvalue weighted by atomic mass is 19.4. The highest BCUT2D eigenvalue weighted by Crippen LogP contribution is 2.42. The third-order valence-corrected chi connectivity index (χ3v) is 4.91. The van der Waals surface area contributed by atoms with Crippen LogP contribution in [0.1, 0.15) is 29.7 Å². The van der Waals surface area contributed by atoms with Gasteiger partial charge in [0.2, 0.25) is 5.95 Å². The van der Waals surface area contributed by atoms with Crippen LogP contribution in [0.3, 0.4) is 0 Å². The summed E-state index contributed by atoms with van der Waals surface area (Å²) in [5.41, 5.74) is 1.37. The van der Waals surface area contributed by atoms with Crippen LogP contribution in [0.15, 0.2) is 66.1 Å². The van der Waals surface area contributed by atoms with E-state index >= 15 is 0 Å². The zero-order valence-electron chi connectivity index (χ0n) is 15.6. The zero-order valence-corrected chi connectivity index (χ0v) is 15.6. The average molecular weight is 406 g/mol. The monoisotopic (exact) mass is 406 g/mol. The van der Waals surface area contributed by atoms with Crippen molar-refractivity contribution < 1.29 is 13.2 Å². The van der Waals surface area contributed by atoms with E-state index in [1.54, 1.807) is 31.2 Å². The molecule has 0 spiro atoms. The van der Waals surface area contributed by atoms with Gasteiger partial charge in [0, 0.05) is 11.4 Å². The second-order valence-corrected chi connectivity index (χ2v) is 6.64. The van der Waals surface area contributed by atoms with E-state index in [1.807, 2.05) is 6.07 Å². The molecular weight excluding hydrogens is 393 g/mol. The van der Waals surface area contributed by atoms with E-state index in [2.05, 4.69) is 16.2 Å². The molecule has 6 nitrogen and oxygen atoms in total. The number of anilines is 2. The Labute approximate surface area is 169 Å². The SMILES string of the molecule is CC1=C(C#N)C(c2ccc(C#N)cc2)n2ncnc2N1c1cccc(C(F)(F)F)c1. The number of hydrogen-bond donors (Lipinski definition) is 0. The van der Waals surface area contributed by atoms with E-state index in [9.17, 15) is 18.4 Å². The molecule has 0 saturated heterocycles. The van der Waals surface area contributed by atoms with Gasteiger partial charge in [-0.1, -0.05) is 18.2 Å². The smallest absolute Gasteiger partial charge is 0.282 e. The van der Waals surface area contributed by atoms with Crippen LogP contribution in [-0.2, 0) is 6.18 Å². The van der Waals surface area contributed by atoms with Gasteiger partial charge in [-0.15, -0.1) is 0 Å². The van der Waals surface area contributed by atoms with Gasteiger partial charge in [-0.2, -0.15) is 33.8 Å². The third kappa shape index (κ3) is 3.07. The van der Waals surface area contributed by atoms with Crippen LogP contribution in [0.5, 0.6) is 0 Å². The van der Waals surface area contributed by atoms with Gasteiger partial charge < -0.3 is 0 Å². The van der Waals surface area contributed by atoms with Crippen molar-refractivity contribution in [2.24, 2.45) is 0 Å². The molecule has 0 bridgehead atoms. The summed E-state index contributed by atoms with van der Waals surface area (Å²) >= 11 is 0. The fraction of sp³-hybridized carbons (Fsp3) is 0.143. The molecule has 1 atom stereocenters. The number of nitriles is 2. The Balaban J connectivity index is 1.89. The normalized spacial score (nSPS) is 16.1. The summed E-state index contributed by atoms with van der Waals surface area (Å²) in [7, 11) is 0. The first-order valence-electron chi connectivity index (χ1n) is 8.83. The quantitative estimate of drug-likeness (QED) is 0.616. The Bertz CT molecular complexity index is 1230.